The highest BCUT2D eigenvalue weighted by Crippen LogP contribution is 2.22. The Morgan fingerprint density at radius 3 is 2.92 bits per heavy atom. The smallest absolute Gasteiger partial charge is 0.279 e. The summed E-state index contributed by atoms with van der Waals surface area (Å²) in [4.78, 5) is 3.23. The minimum atomic E-state index is -3.50. The van der Waals surface area contributed by atoms with E-state index in [1.54, 1.807) is 14.2 Å². The van der Waals surface area contributed by atoms with Gasteiger partial charge in [-0.2, -0.15) is 17.4 Å². The fraction of sp³-hybridized carbons (Fsp3) is 0.529. The zero-order valence-corrected chi connectivity index (χ0v) is 15.4. The average molecular weight is 367 g/mol. The van der Waals surface area contributed by atoms with Crippen molar-refractivity contribution in [3.8, 4) is 5.75 Å². The number of benzene rings is 1. The van der Waals surface area contributed by atoms with Crippen LogP contribution < -0.4 is 9.46 Å². The van der Waals surface area contributed by atoms with Crippen molar-refractivity contribution in [2.75, 3.05) is 33.9 Å². The number of hydrogen-bond donors (Lipinski definition) is 2. The van der Waals surface area contributed by atoms with Crippen molar-refractivity contribution in [2.24, 2.45) is 5.92 Å². The predicted octanol–water partition coefficient (Wildman–Crippen LogP) is 1.87. The van der Waals surface area contributed by atoms with Crippen LogP contribution in [0.4, 0.5) is 0 Å². The molecule has 1 atom stereocenters. The molecular weight excluding hydrogens is 342 g/mol. The molecule has 2 aromatic rings. The molecule has 1 aliphatic rings. The van der Waals surface area contributed by atoms with Crippen LogP contribution in [0.2, 0.25) is 0 Å². The Hall–Kier alpha value is -1.61. The van der Waals surface area contributed by atoms with E-state index in [-0.39, 0.29) is 12.5 Å². The predicted molar refractivity (Wildman–Crippen MR) is 96.8 cm³/mol. The summed E-state index contributed by atoms with van der Waals surface area (Å²) >= 11 is 0. The first-order valence-electron chi connectivity index (χ1n) is 8.41. The van der Waals surface area contributed by atoms with Gasteiger partial charge in [-0.05, 0) is 43.0 Å². The van der Waals surface area contributed by atoms with E-state index in [9.17, 15) is 8.42 Å². The maximum Gasteiger partial charge on any atom is 0.279 e. The standard InChI is InChI=1S/C17H25N3O4S/c1-23-12-13-4-3-7-20(11-13)25(21,22)18-10-15-8-14-9-16(24-2)5-6-17(14)19-15/h5-6,8-9,13,18-19H,3-4,7,10-12H2,1-2H3. The van der Waals surface area contributed by atoms with Crippen LogP contribution in [-0.2, 0) is 21.5 Å². The van der Waals surface area contributed by atoms with Gasteiger partial charge in [-0.25, -0.2) is 0 Å². The van der Waals surface area contributed by atoms with Gasteiger partial charge in [0.15, 0.2) is 0 Å². The van der Waals surface area contributed by atoms with Crippen molar-refractivity contribution in [2.45, 2.75) is 19.4 Å². The topological polar surface area (TPSA) is 83.7 Å². The molecule has 1 saturated heterocycles. The lowest BCUT2D eigenvalue weighted by atomic mass is 10.0. The van der Waals surface area contributed by atoms with Crippen molar-refractivity contribution in [3.05, 3.63) is 30.0 Å². The summed E-state index contributed by atoms with van der Waals surface area (Å²) in [5, 5.41) is 0.992. The molecule has 0 aliphatic carbocycles. The van der Waals surface area contributed by atoms with E-state index in [1.165, 1.54) is 4.31 Å². The number of nitrogens with one attached hydrogen (secondary N) is 2. The Balaban J connectivity index is 1.65. The lowest BCUT2D eigenvalue weighted by molar-refractivity contribution is 0.118. The van der Waals surface area contributed by atoms with Gasteiger partial charge in [0.1, 0.15) is 5.75 Å². The molecule has 3 rings (SSSR count). The normalized spacial score (nSPS) is 19.4. The molecule has 8 heteroatoms. The number of fused-ring (bicyclic) bond motifs is 1. The van der Waals surface area contributed by atoms with Crippen LogP contribution in [-0.4, -0.2) is 51.6 Å². The second-order valence-electron chi connectivity index (χ2n) is 6.40. The van der Waals surface area contributed by atoms with E-state index in [1.807, 2.05) is 24.3 Å². The van der Waals surface area contributed by atoms with E-state index in [2.05, 4.69) is 9.71 Å². The van der Waals surface area contributed by atoms with Crippen LogP contribution in [0.3, 0.4) is 0 Å². The molecule has 2 N–H and O–H groups in total. The molecule has 25 heavy (non-hydrogen) atoms. The van der Waals surface area contributed by atoms with Crippen molar-refractivity contribution >= 4 is 21.1 Å². The first-order valence-corrected chi connectivity index (χ1v) is 9.85. The molecule has 1 aromatic heterocycles. The molecule has 0 bridgehead atoms. The molecule has 0 radical (unpaired) electrons. The van der Waals surface area contributed by atoms with E-state index >= 15 is 0 Å². The van der Waals surface area contributed by atoms with Crippen molar-refractivity contribution in [1.82, 2.24) is 14.0 Å². The van der Waals surface area contributed by atoms with Gasteiger partial charge in [0, 0.05) is 36.8 Å². The SMILES string of the molecule is COCC1CCCN(S(=O)(=O)NCc2cc3cc(OC)ccc3[nH]2)C1. The van der Waals surface area contributed by atoms with Gasteiger partial charge in [0.05, 0.1) is 20.3 Å². The van der Waals surface area contributed by atoms with Crippen LogP contribution in [0.1, 0.15) is 18.5 Å². The van der Waals surface area contributed by atoms with Crippen LogP contribution in [0.25, 0.3) is 10.9 Å². The van der Waals surface area contributed by atoms with E-state index in [0.717, 1.165) is 35.2 Å². The Kier molecular flexibility index (Phi) is 5.63. The third-order valence-corrected chi connectivity index (χ3v) is 6.07. The second-order valence-corrected chi connectivity index (χ2v) is 8.15. The average Bonchev–Trinajstić information content (AvgIpc) is 3.02. The Morgan fingerprint density at radius 2 is 2.16 bits per heavy atom. The highest BCUT2D eigenvalue weighted by Gasteiger charge is 2.28. The Morgan fingerprint density at radius 1 is 1.32 bits per heavy atom. The van der Waals surface area contributed by atoms with Gasteiger partial charge in [-0.15, -0.1) is 0 Å². The maximum atomic E-state index is 12.6. The van der Waals surface area contributed by atoms with Crippen LogP contribution in [0.15, 0.2) is 24.3 Å². The minimum Gasteiger partial charge on any atom is -0.497 e. The molecule has 138 valence electrons. The van der Waals surface area contributed by atoms with Crippen LogP contribution >= 0.6 is 0 Å². The maximum absolute atomic E-state index is 12.6. The van der Waals surface area contributed by atoms with Gasteiger partial charge in [0.2, 0.25) is 0 Å². The van der Waals surface area contributed by atoms with Gasteiger partial charge < -0.3 is 14.5 Å². The number of aromatic nitrogens is 1. The number of hydrogen-bond acceptors (Lipinski definition) is 4. The van der Waals surface area contributed by atoms with Crippen LogP contribution in [0.5, 0.6) is 5.75 Å². The van der Waals surface area contributed by atoms with Gasteiger partial charge in [-0.3, -0.25) is 0 Å². The lowest BCUT2D eigenvalue weighted by Crippen LogP contribution is -2.46. The summed E-state index contributed by atoms with van der Waals surface area (Å²) < 4.78 is 39.7. The summed E-state index contributed by atoms with van der Waals surface area (Å²) in [5.41, 5.74) is 1.77. The van der Waals surface area contributed by atoms with Crippen molar-refractivity contribution < 1.29 is 17.9 Å². The third-order valence-electron chi connectivity index (χ3n) is 4.55. The zero-order valence-electron chi connectivity index (χ0n) is 14.6. The number of aromatic amines is 1. The Bertz CT molecular complexity index is 816. The molecule has 0 saturated carbocycles. The number of piperidine rings is 1. The number of ether oxygens (including phenoxy) is 2. The van der Waals surface area contributed by atoms with Gasteiger partial charge >= 0.3 is 0 Å². The molecule has 1 fully saturated rings. The molecule has 2 heterocycles. The zero-order chi connectivity index (χ0) is 17.9. The summed E-state index contributed by atoms with van der Waals surface area (Å²) in [7, 11) is -0.227. The van der Waals surface area contributed by atoms with Gasteiger partial charge in [-0.1, -0.05) is 0 Å². The number of rotatable bonds is 7. The molecule has 0 spiro atoms. The Labute approximate surface area is 148 Å². The first kappa shape index (κ1) is 18.2. The highest BCUT2D eigenvalue weighted by molar-refractivity contribution is 7.87. The van der Waals surface area contributed by atoms with E-state index in [4.69, 9.17) is 9.47 Å². The van der Waals surface area contributed by atoms with Crippen molar-refractivity contribution in [1.29, 1.82) is 0 Å². The van der Waals surface area contributed by atoms with Gasteiger partial charge in [0.25, 0.3) is 10.2 Å². The summed E-state index contributed by atoms with van der Waals surface area (Å²) in [5.74, 6) is 1.03. The van der Waals surface area contributed by atoms with E-state index in [0.29, 0.717) is 19.7 Å². The number of methoxy groups -OCH3 is 2. The summed E-state index contributed by atoms with van der Waals surface area (Å²) in [6.07, 6.45) is 1.87. The van der Waals surface area contributed by atoms with Crippen LogP contribution in [0, 0.1) is 5.92 Å². The quantitative estimate of drug-likeness (QED) is 0.783. The molecule has 1 aliphatic heterocycles. The van der Waals surface area contributed by atoms with Crippen molar-refractivity contribution in [3.63, 3.8) is 0 Å². The minimum absolute atomic E-state index is 0.227. The fourth-order valence-corrected chi connectivity index (χ4v) is 4.57. The second kappa shape index (κ2) is 7.74. The summed E-state index contributed by atoms with van der Waals surface area (Å²) in [6, 6.07) is 7.65. The lowest BCUT2D eigenvalue weighted by Gasteiger charge is -2.31. The molecule has 1 aromatic carbocycles. The monoisotopic (exact) mass is 367 g/mol. The largest absolute Gasteiger partial charge is 0.497 e. The third kappa shape index (κ3) is 4.33. The molecular formula is C17H25N3O4S. The number of H-pyrrole nitrogens is 1. The molecule has 7 nitrogen and oxygen atoms in total. The first-order chi connectivity index (χ1) is 12.0. The molecule has 0 amide bonds. The van der Waals surface area contributed by atoms with E-state index < -0.39 is 10.2 Å². The molecule has 1 unspecified atom stereocenters. The highest BCUT2D eigenvalue weighted by atomic mass is 32.2. The summed E-state index contributed by atoms with van der Waals surface area (Å²) in [6.45, 7) is 1.88. The fourth-order valence-electron chi connectivity index (χ4n) is 3.27. The number of nitrogens with zero attached hydrogens (tertiary/aromatic N) is 1.